The average Bonchev–Trinajstić information content (AvgIpc) is 2.49. The average molecular weight is 403 g/mol. The minimum absolute atomic E-state index is 0.0712. The van der Waals surface area contributed by atoms with E-state index in [1.165, 1.54) is 0 Å². The van der Waals surface area contributed by atoms with Crippen LogP contribution in [0.4, 0.5) is 5.69 Å². The number of halogens is 3. The van der Waals surface area contributed by atoms with Crippen molar-refractivity contribution in [3.63, 3.8) is 0 Å². The van der Waals surface area contributed by atoms with Crippen molar-refractivity contribution >= 4 is 50.7 Å². The first kappa shape index (κ1) is 17.1. The highest BCUT2D eigenvalue weighted by molar-refractivity contribution is 9.10. The minimum atomic E-state index is -0.0712. The third-order valence-corrected chi connectivity index (χ3v) is 4.32. The van der Waals surface area contributed by atoms with Gasteiger partial charge < -0.3 is 10.1 Å². The summed E-state index contributed by atoms with van der Waals surface area (Å²) in [6.45, 7) is 0.468. The molecule has 0 aliphatic rings. The monoisotopic (exact) mass is 401 g/mol. The molecule has 22 heavy (non-hydrogen) atoms. The van der Waals surface area contributed by atoms with E-state index in [1.54, 1.807) is 42.5 Å². The second kappa shape index (κ2) is 8.42. The van der Waals surface area contributed by atoms with Gasteiger partial charge in [0.25, 0.3) is 0 Å². The van der Waals surface area contributed by atoms with E-state index >= 15 is 0 Å². The second-order valence-electron chi connectivity index (χ2n) is 4.58. The van der Waals surface area contributed by atoms with Crippen LogP contribution >= 0.6 is 39.1 Å². The molecule has 0 atom stereocenters. The molecule has 2 aromatic carbocycles. The summed E-state index contributed by atoms with van der Waals surface area (Å²) in [4.78, 5) is 11.8. The van der Waals surface area contributed by atoms with Crippen molar-refractivity contribution in [3.05, 3.63) is 57.0 Å². The van der Waals surface area contributed by atoms with Gasteiger partial charge >= 0.3 is 0 Å². The Kier molecular flexibility index (Phi) is 6.55. The molecular weight excluding hydrogens is 389 g/mol. The van der Waals surface area contributed by atoms with Gasteiger partial charge in [-0.1, -0.05) is 23.2 Å². The molecule has 116 valence electrons. The first-order valence-electron chi connectivity index (χ1n) is 6.68. The first-order chi connectivity index (χ1) is 10.5. The number of carbonyl (C=O) groups is 1. The third kappa shape index (κ3) is 5.52. The predicted octanol–water partition coefficient (Wildman–Crippen LogP) is 5.55. The lowest BCUT2D eigenvalue weighted by molar-refractivity contribution is -0.116. The van der Waals surface area contributed by atoms with E-state index in [9.17, 15) is 4.79 Å². The zero-order valence-electron chi connectivity index (χ0n) is 11.6. The van der Waals surface area contributed by atoms with E-state index in [-0.39, 0.29) is 5.91 Å². The Bertz CT molecular complexity index is 647. The molecule has 0 saturated heterocycles. The van der Waals surface area contributed by atoms with Gasteiger partial charge in [-0.05, 0) is 64.8 Å². The van der Waals surface area contributed by atoms with Crippen LogP contribution in [0.15, 0.2) is 46.9 Å². The van der Waals surface area contributed by atoms with Crippen LogP contribution in [-0.2, 0) is 4.79 Å². The lowest BCUT2D eigenvalue weighted by atomic mass is 10.2. The van der Waals surface area contributed by atoms with Crippen LogP contribution < -0.4 is 10.1 Å². The Balaban J connectivity index is 1.71. The summed E-state index contributed by atoms with van der Waals surface area (Å²) in [7, 11) is 0. The molecular formula is C16H14BrCl2NO2. The zero-order valence-corrected chi connectivity index (χ0v) is 14.7. The van der Waals surface area contributed by atoms with Crippen molar-refractivity contribution in [2.45, 2.75) is 12.8 Å². The number of nitrogens with one attached hydrogen (secondary N) is 1. The number of hydrogen-bond acceptors (Lipinski definition) is 2. The smallest absolute Gasteiger partial charge is 0.224 e. The third-order valence-electron chi connectivity index (χ3n) is 2.83. The summed E-state index contributed by atoms with van der Waals surface area (Å²) in [5.74, 6) is 0.669. The lowest BCUT2D eigenvalue weighted by Crippen LogP contribution is -2.12. The molecule has 1 amide bonds. The molecule has 0 aromatic heterocycles. The van der Waals surface area contributed by atoms with E-state index in [0.717, 1.165) is 10.2 Å². The summed E-state index contributed by atoms with van der Waals surface area (Å²) in [6, 6.07) is 12.4. The van der Waals surface area contributed by atoms with Gasteiger partial charge in [0.2, 0.25) is 5.91 Å². The normalized spacial score (nSPS) is 10.3. The van der Waals surface area contributed by atoms with Crippen molar-refractivity contribution in [1.82, 2.24) is 0 Å². The molecule has 0 aliphatic carbocycles. The Hall–Kier alpha value is -1.23. The van der Waals surface area contributed by atoms with Crippen LogP contribution in [0.3, 0.4) is 0 Å². The van der Waals surface area contributed by atoms with Crippen LogP contribution in [-0.4, -0.2) is 12.5 Å². The maximum absolute atomic E-state index is 11.8. The molecule has 0 heterocycles. The van der Waals surface area contributed by atoms with E-state index < -0.39 is 0 Å². The van der Waals surface area contributed by atoms with Crippen LogP contribution in [0.2, 0.25) is 10.0 Å². The molecule has 0 radical (unpaired) electrons. The highest BCUT2D eigenvalue weighted by atomic mass is 79.9. The molecule has 6 heteroatoms. The molecule has 0 bridgehead atoms. The first-order valence-corrected chi connectivity index (χ1v) is 8.23. The fraction of sp³-hybridized carbons (Fsp3) is 0.188. The molecule has 0 spiro atoms. The second-order valence-corrected chi connectivity index (χ2v) is 6.28. The maximum Gasteiger partial charge on any atom is 0.224 e. The number of anilines is 1. The molecule has 1 N–H and O–H groups in total. The summed E-state index contributed by atoms with van der Waals surface area (Å²) in [5, 5.41) is 4.02. The van der Waals surface area contributed by atoms with Crippen molar-refractivity contribution in [2.24, 2.45) is 0 Å². The molecule has 0 aliphatic heterocycles. The number of benzene rings is 2. The topological polar surface area (TPSA) is 38.3 Å². The predicted molar refractivity (Wildman–Crippen MR) is 94.0 cm³/mol. The van der Waals surface area contributed by atoms with Gasteiger partial charge in [0.15, 0.2) is 0 Å². The quantitative estimate of drug-likeness (QED) is 0.643. The molecule has 0 fully saturated rings. The van der Waals surface area contributed by atoms with Gasteiger partial charge in [0.1, 0.15) is 5.75 Å². The summed E-state index contributed by atoms with van der Waals surface area (Å²) >= 11 is 15.1. The fourth-order valence-electron chi connectivity index (χ4n) is 1.75. The molecule has 0 saturated carbocycles. The zero-order chi connectivity index (χ0) is 15.9. The Morgan fingerprint density at radius 2 is 1.86 bits per heavy atom. The van der Waals surface area contributed by atoms with E-state index in [2.05, 4.69) is 21.2 Å². The number of hydrogen-bond donors (Lipinski definition) is 1. The molecule has 0 unspecified atom stereocenters. The van der Waals surface area contributed by atoms with E-state index in [0.29, 0.717) is 35.2 Å². The number of ether oxygens (including phenoxy) is 1. The Morgan fingerprint density at radius 3 is 2.55 bits per heavy atom. The SMILES string of the molecule is O=C(CCCOc1ccc(Cl)cc1)Nc1ccc(Br)c(Cl)c1. The van der Waals surface area contributed by atoms with Gasteiger partial charge in [-0.15, -0.1) is 0 Å². The van der Waals surface area contributed by atoms with Crippen molar-refractivity contribution < 1.29 is 9.53 Å². The number of amides is 1. The van der Waals surface area contributed by atoms with Crippen LogP contribution in [0.25, 0.3) is 0 Å². The van der Waals surface area contributed by atoms with Crippen LogP contribution in [0, 0.1) is 0 Å². The van der Waals surface area contributed by atoms with E-state index in [4.69, 9.17) is 27.9 Å². The van der Waals surface area contributed by atoms with Gasteiger partial charge in [-0.2, -0.15) is 0 Å². The summed E-state index contributed by atoms with van der Waals surface area (Å²) in [6.07, 6.45) is 1.000. The van der Waals surface area contributed by atoms with Gasteiger partial charge in [0.05, 0.1) is 11.6 Å². The highest BCUT2D eigenvalue weighted by Crippen LogP contribution is 2.25. The highest BCUT2D eigenvalue weighted by Gasteiger charge is 2.05. The molecule has 2 rings (SSSR count). The standard InChI is InChI=1S/C16H14BrCl2NO2/c17-14-8-5-12(10-15(14)19)20-16(21)2-1-9-22-13-6-3-11(18)4-7-13/h3-8,10H,1-2,9H2,(H,20,21). The fourth-order valence-corrected chi connectivity index (χ4v) is 2.30. The van der Waals surface area contributed by atoms with Gasteiger partial charge in [-0.3, -0.25) is 4.79 Å². The Labute approximate surface area is 147 Å². The number of rotatable bonds is 6. The van der Waals surface area contributed by atoms with Crippen LogP contribution in [0.5, 0.6) is 5.75 Å². The van der Waals surface area contributed by atoms with Crippen molar-refractivity contribution in [1.29, 1.82) is 0 Å². The van der Waals surface area contributed by atoms with Crippen LogP contribution in [0.1, 0.15) is 12.8 Å². The van der Waals surface area contributed by atoms with Crippen molar-refractivity contribution in [3.8, 4) is 5.75 Å². The minimum Gasteiger partial charge on any atom is -0.494 e. The summed E-state index contributed by atoms with van der Waals surface area (Å²) in [5.41, 5.74) is 0.678. The number of carbonyl (C=O) groups excluding carboxylic acids is 1. The summed E-state index contributed by atoms with van der Waals surface area (Å²) < 4.78 is 6.33. The maximum atomic E-state index is 11.8. The van der Waals surface area contributed by atoms with Gasteiger partial charge in [0, 0.05) is 21.6 Å². The lowest BCUT2D eigenvalue weighted by Gasteiger charge is -2.08. The molecule has 3 nitrogen and oxygen atoms in total. The van der Waals surface area contributed by atoms with Crippen molar-refractivity contribution in [2.75, 3.05) is 11.9 Å². The van der Waals surface area contributed by atoms with E-state index in [1.807, 2.05) is 0 Å². The largest absolute Gasteiger partial charge is 0.494 e. The molecule has 2 aromatic rings. The van der Waals surface area contributed by atoms with Gasteiger partial charge in [-0.25, -0.2) is 0 Å². The Morgan fingerprint density at radius 1 is 1.14 bits per heavy atom.